The number of ether oxygens (including phenoxy) is 1. The van der Waals surface area contributed by atoms with Crippen LogP contribution < -0.4 is 5.73 Å². The second kappa shape index (κ2) is 6.81. The highest BCUT2D eigenvalue weighted by atomic mass is 32.2. The molecule has 3 N–H and O–H groups in total. The molecular weight excluding hydrogens is 256 g/mol. The summed E-state index contributed by atoms with van der Waals surface area (Å²) in [5, 5.41) is 10.3. The van der Waals surface area contributed by atoms with E-state index in [-0.39, 0.29) is 12.3 Å². The van der Waals surface area contributed by atoms with Gasteiger partial charge in [-0.05, 0) is 19.4 Å². The van der Waals surface area contributed by atoms with Gasteiger partial charge in [0.05, 0.1) is 11.4 Å². The minimum atomic E-state index is -3.29. The van der Waals surface area contributed by atoms with Gasteiger partial charge in [0.2, 0.25) is 10.0 Å². The third-order valence-electron chi connectivity index (χ3n) is 3.27. The molecule has 0 radical (unpaired) electrons. The Morgan fingerprint density at radius 1 is 1.33 bits per heavy atom. The molecule has 7 heteroatoms. The van der Waals surface area contributed by atoms with E-state index in [9.17, 15) is 13.5 Å². The van der Waals surface area contributed by atoms with Crippen LogP contribution in [0.5, 0.6) is 0 Å². The summed E-state index contributed by atoms with van der Waals surface area (Å²) in [6.45, 7) is 1.61. The maximum absolute atomic E-state index is 12.0. The van der Waals surface area contributed by atoms with E-state index in [1.54, 1.807) is 0 Å². The van der Waals surface area contributed by atoms with Gasteiger partial charge in [0, 0.05) is 39.6 Å². The SMILES string of the molecule is CN(CC1(O)CCOCC1)S(=O)(=O)CCCCN. The van der Waals surface area contributed by atoms with E-state index in [0.29, 0.717) is 45.4 Å². The highest BCUT2D eigenvalue weighted by Gasteiger charge is 2.34. The first-order chi connectivity index (χ1) is 8.40. The number of rotatable bonds is 7. The lowest BCUT2D eigenvalue weighted by Gasteiger charge is -2.35. The van der Waals surface area contributed by atoms with Crippen LogP contribution in [-0.4, -0.2) is 62.5 Å². The van der Waals surface area contributed by atoms with E-state index in [0.717, 1.165) is 0 Å². The molecule has 1 aliphatic heterocycles. The third kappa shape index (κ3) is 4.81. The van der Waals surface area contributed by atoms with Crippen LogP contribution in [0.25, 0.3) is 0 Å². The predicted molar refractivity (Wildman–Crippen MR) is 69.7 cm³/mol. The van der Waals surface area contributed by atoms with Gasteiger partial charge >= 0.3 is 0 Å². The zero-order valence-corrected chi connectivity index (χ0v) is 11.8. The Kier molecular flexibility index (Phi) is 6.00. The van der Waals surface area contributed by atoms with E-state index < -0.39 is 15.6 Å². The molecule has 18 heavy (non-hydrogen) atoms. The lowest BCUT2D eigenvalue weighted by atomic mass is 9.95. The monoisotopic (exact) mass is 280 g/mol. The molecule has 0 saturated carbocycles. The molecule has 0 amide bonds. The van der Waals surface area contributed by atoms with E-state index in [1.165, 1.54) is 11.4 Å². The lowest BCUT2D eigenvalue weighted by molar-refractivity contribution is -0.0689. The fraction of sp³-hybridized carbons (Fsp3) is 1.00. The van der Waals surface area contributed by atoms with E-state index >= 15 is 0 Å². The van der Waals surface area contributed by atoms with Gasteiger partial charge in [0.25, 0.3) is 0 Å². The maximum atomic E-state index is 12.0. The van der Waals surface area contributed by atoms with Crippen LogP contribution >= 0.6 is 0 Å². The number of sulfonamides is 1. The Balaban J connectivity index is 2.49. The van der Waals surface area contributed by atoms with Crippen molar-refractivity contribution in [1.29, 1.82) is 0 Å². The molecule has 0 aromatic heterocycles. The first kappa shape index (κ1) is 15.8. The number of hydrogen-bond acceptors (Lipinski definition) is 5. The topological polar surface area (TPSA) is 92.9 Å². The first-order valence-electron chi connectivity index (χ1n) is 6.34. The highest BCUT2D eigenvalue weighted by Crippen LogP contribution is 2.22. The number of hydrogen-bond donors (Lipinski definition) is 2. The average molecular weight is 280 g/mol. The van der Waals surface area contributed by atoms with Gasteiger partial charge in [-0.1, -0.05) is 0 Å². The molecule has 6 nitrogen and oxygen atoms in total. The van der Waals surface area contributed by atoms with Crippen LogP contribution in [0.4, 0.5) is 0 Å². The number of likely N-dealkylation sites (N-methyl/N-ethyl adjacent to an activating group) is 1. The molecule has 0 aromatic rings. The Hall–Kier alpha value is -0.210. The zero-order chi connectivity index (χ0) is 13.6. The van der Waals surface area contributed by atoms with Crippen molar-refractivity contribution in [3.63, 3.8) is 0 Å². The molecule has 0 unspecified atom stereocenters. The first-order valence-corrected chi connectivity index (χ1v) is 7.95. The van der Waals surface area contributed by atoms with Crippen LogP contribution in [0.2, 0.25) is 0 Å². The largest absolute Gasteiger partial charge is 0.388 e. The van der Waals surface area contributed by atoms with Crippen molar-refractivity contribution < 1.29 is 18.3 Å². The molecule has 108 valence electrons. The smallest absolute Gasteiger partial charge is 0.213 e. The summed E-state index contributed by atoms with van der Waals surface area (Å²) >= 11 is 0. The van der Waals surface area contributed by atoms with E-state index in [4.69, 9.17) is 10.5 Å². The van der Waals surface area contributed by atoms with Crippen molar-refractivity contribution in [2.75, 3.05) is 39.1 Å². The van der Waals surface area contributed by atoms with Crippen molar-refractivity contribution in [3.8, 4) is 0 Å². The summed E-state index contributed by atoms with van der Waals surface area (Å²) in [4.78, 5) is 0. The van der Waals surface area contributed by atoms with Gasteiger partial charge < -0.3 is 15.6 Å². The molecule has 0 aliphatic carbocycles. The van der Waals surface area contributed by atoms with Crippen LogP contribution in [0, 0.1) is 0 Å². The molecule has 1 saturated heterocycles. The van der Waals surface area contributed by atoms with Crippen LogP contribution in [0.15, 0.2) is 0 Å². The minimum Gasteiger partial charge on any atom is -0.388 e. The molecule has 1 fully saturated rings. The van der Waals surface area contributed by atoms with Gasteiger partial charge in [0.1, 0.15) is 0 Å². The summed E-state index contributed by atoms with van der Waals surface area (Å²) in [6, 6.07) is 0. The van der Waals surface area contributed by atoms with E-state index in [2.05, 4.69) is 0 Å². The fourth-order valence-corrected chi connectivity index (χ4v) is 3.32. The maximum Gasteiger partial charge on any atom is 0.213 e. The molecule has 1 aliphatic rings. The van der Waals surface area contributed by atoms with Crippen LogP contribution in [0.1, 0.15) is 25.7 Å². The predicted octanol–water partition coefficient (Wildman–Crippen LogP) is -0.472. The Labute approximate surface area is 109 Å². The molecule has 0 aromatic carbocycles. The summed E-state index contributed by atoms with van der Waals surface area (Å²) in [5.41, 5.74) is 4.39. The average Bonchev–Trinajstić information content (AvgIpc) is 2.29. The number of aliphatic hydroxyl groups is 1. The van der Waals surface area contributed by atoms with Crippen molar-refractivity contribution in [2.24, 2.45) is 5.73 Å². The van der Waals surface area contributed by atoms with Crippen LogP contribution in [0.3, 0.4) is 0 Å². The Morgan fingerprint density at radius 3 is 2.50 bits per heavy atom. The minimum absolute atomic E-state index is 0.0906. The van der Waals surface area contributed by atoms with Crippen molar-refractivity contribution in [2.45, 2.75) is 31.3 Å². The summed E-state index contributed by atoms with van der Waals surface area (Å²) < 4.78 is 30.4. The summed E-state index contributed by atoms with van der Waals surface area (Å²) in [6.07, 6.45) is 2.22. The fourth-order valence-electron chi connectivity index (χ4n) is 2.01. The Morgan fingerprint density at radius 2 is 1.94 bits per heavy atom. The van der Waals surface area contributed by atoms with Crippen LogP contribution in [-0.2, 0) is 14.8 Å². The summed E-state index contributed by atoms with van der Waals surface area (Å²) in [5.74, 6) is 0.0906. The van der Waals surface area contributed by atoms with Gasteiger partial charge in [-0.3, -0.25) is 0 Å². The quantitative estimate of drug-likeness (QED) is 0.615. The molecule has 0 atom stereocenters. The second-order valence-corrected chi connectivity index (χ2v) is 7.10. The van der Waals surface area contributed by atoms with Gasteiger partial charge in [-0.2, -0.15) is 0 Å². The zero-order valence-electron chi connectivity index (χ0n) is 11.0. The third-order valence-corrected chi connectivity index (χ3v) is 5.16. The highest BCUT2D eigenvalue weighted by molar-refractivity contribution is 7.89. The van der Waals surface area contributed by atoms with Crippen molar-refractivity contribution in [1.82, 2.24) is 4.31 Å². The van der Waals surface area contributed by atoms with Crippen molar-refractivity contribution in [3.05, 3.63) is 0 Å². The number of unbranched alkanes of at least 4 members (excludes halogenated alkanes) is 1. The molecule has 0 spiro atoms. The molecule has 0 bridgehead atoms. The van der Waals surface area contributed by atoms with Gasteiger partial charge in [-0.25, -0.2) is 12.7 Å². The van der Waals surface area contributed by atoms with E-state index in [1.807, 2.05) is 0 Å². The molecule has 1 heterocycles. The van der Waals surface area contributed by atoms with Gasteiger partial charge in [0.15, 0.2) is 0 Å². The summed E-state index contributed by atoms with van der Waals surface area (Å²) in [7, 11) is -1.77. The molecule has 1 rings (SSSR count). The van der Waals surface area contributed by atoms with Gasteiger partial charge in [-0.15, -0.1) is 0 Å². The normalized spacial score (nSPS) is 20.2. The second-order valence-electron chi connectivity index (χ2n) is 4.90. The Bertz CT molecular complexity index is 339. The van der Waals surface area contributed by atoms with Crippen molar-refractivity contribution >= 4 is 10.0 Å². The number of nitrogens with zero attached hydrogens (tertiary/aromatic N) is 1. The standard InChI is InChI=1S/C11H24N2O4S/c1-13(18(15,16)9-3-2-6-12)10-11(14)4-7-17-8-5-11/h14H,2-10,12H2,1H3. The number of nitrogens with two attached hydrogens (primary N) is 1. The lowest BCUT2D eigenvalue weighted by Crippen LogP contribution is -2.47. The molecular formula is C11H24N2O4S.